The molecule has 0 unspecified atom stereocenters. The molecule has 0 radical (unpaired) electrons. The lowest BCUT2D eigenvalue weighted by molar-refractivity contribution is 1.07. The van der Waals surface area contributed by atoms with Gasteiger partial charge in [-0.05, 0) is 18.4 Å². The van der Waals surface area contributed by atoms with Crippen LogP contribution >= 0.6 is 35.1 Å². The van der Waals surface area contributed by atoms with E-state index in [4.69, 9.17) is 11.6 Å². The Kier molecular flexibility index (Phi) is 3.50. The second-order valence-corrected chi connectivity index (χ2v) is 6.21. The Hall–Kier alpha value is -0.710. The standard InChI is InChI=1S/C13H11ClN2S2/c1-17-9-4-2-8(3-5-9)13-15-11-7-18-6-10(11)12(14)16-13/h2-5H,6-7H2,1H3. The molecule has 5 heteroatoms. The van der Waals surface area contributed by atoms with E-state index in [9.17, 15) is 0 Å². The fourth-order valence-electron chi connectivity index (χ4n) is 1.88. The van der Waals surface area contributed by atoms with Crippen molar-refractivity contribution in [1.82, 2.24) is 9.97 Å². The number of benzene rings is 1. The summed E-state index contributed by atoms with van der Waals surface area (Å²) in [6, 6.07) is 8.26. The first-order valence-electron chi connectivity index (χ1n) is 5.55. The first-order chi connectivity index (χ1) is 8.78. The van der Waals surface area contributed by atoms with Crippen molar-refractivity contribution in [1.29, 1.82) is 0 Å². The average Bonchev–Trinajstić information content (AvgIpc) is 2.88. The monoisotopic (exact) mass is 294 g/mol. The number of rotatable bonds is 2. The molecule has 2 aromatic rings. The van der Waals surface area contributed by atoms with Crippen LogP contribution in [-0.2, 0) is 11.5 Å². The largest absolute Gasteiger partial charge is 0.232 e. The topological polar surface area (TPSA) is 25.8 Å². The summed E-state index contributed by atoms with van der Waals surface area (Å²) in [4.78, 5) is 10.3. The van der Waals surface area contributed by atoms with Crippen molar-refractivity contribution in [3.63, 3.8) is 0 Å². The second-order valence-electron chi connectivity index (χ2n) is 3.98. The Balaban J connectivity index is 2.03. The third-order valence-electron chi connectivity index (χ3n) is 2.88. The van der Waals surface area contributed by atoms with Crippen LogP contribution in [0.4, 0.5) is 0 Å². The summed E-state index contributed by atoms with van der Waals surface area (Å²) in [7, 11) is 0. The molecule has 1 aromatic heterocycles. The number of hydrogen-bond acceptors (Lipinski definition) is 4. The predicted molar refractivity (Wildman–Crippen MR) is 79.3 cm³/mol. The Labute approximate surface area is 120 Å². The first kappa shape index (κ1) is 12.3. The van der Waals surface area contributed by atoms with E-state index < -0.39 is 0 Å². The maximum Gasteiger partial charge on any atom is 0.161 e. The zero-order valence-corrected chi connectivity index (χ0v) is 12.2. The zero-order valence-electron chi connectivity index (χ0n) is 9.81. The molecule has 0 atom stereocenters. The second kappa shape index (κ2) is 5.11. The minimum Gasteiger partial charge on any atom is -0.232 e. The minimum absolute atomic E-state index is 0.606. The molecule has 2 nitrogen and oxygen atoms in total. The van der Waals surface area contributed by atoms with Gasteiger partial charge in [0.15, 0.2) is 5.82 Å². The van der Waals surface area contributed by atoms with E-state index in [1.165, 1.54) is 4.90 Å². The molecule has 0 saturated heterocycles. The summed E-state index contributed by atoms with van der Waals surface area (Å²) < 4.78 is 0. The number of halogens is 1. The predicted octanol–water partition coefficient (Wildman–Crippen LogP) is 4.27. The Bertz CT molecular complexity index is 584. The van der Waals surface area contributed by atoms with Gasteiger partial charge in [-0.3, -0.25) is 0 Å². The first-order valence-corrected chi connectivity index (χ1v) is 8.31. The van der Waals surface area contributed by atoms with Crippen LogP contribution in [0.25, 0.3) is 11.4 Å². The number of fused-ring (bicyclic) bond motifs is 1. The van der Waals surface area contributed by atoms with Crippen molar-refractivity contribution in [2.24, 2.45) is 0 Å². The summed E-state index contributed by atoms with van der Waals surface area (Å²) in [6.07, 6.45) is 2.06. The van der Waals surface area contributed by atoms with Gasteiger partial charge in [-0.1, -0.05) is 23.7 Å². The smallest absolute Gasteiger partial charge is 0.161 e. The van der Waals surface area contributed by atoms with E-state index in [1.807, 2.05) is 23.9 Å². The molecule has 0 amide bonds. The highest BCUT2D eigenvalue weighted by Crippen LogP contribution is 2.34. The lowest BCUT2D eigenvalue weighted by atomic mass is 10.2. The van der Waals surface area contributed by atoms with E-state index in [-0.39, 0.29) is 0 Å². The molecule has 92 valence electrons. The summed E-state index contributed by atoms with van der Waals surface area (Å²) in [5, 5.41) is 0.606. The fraction of sp³-hybridized carbons (Fsp3) is 0.231. The van der Waals surface area contributed by atoms with Crippen molar-refractivity contribution in [3.05, 3.63) is 40.7 Å². The van der Waals surface area contributed by atoms with Gasteiger partial charge in [-0.25, -0.2) is 9.97 Å². The fourth-order valence-corrected chi connectivity index (χ4v) is 3.67. The van der Waals surface area contributed by atoms with E-state index in [0.29, 0.717) is 5.15 Å². The number of aromatic nitrogens is 2. The summed E-state index contributed by atoms with van der Waals surface area (Å²) >= 11 is 9.78. The highest BCUT2D eigenvalue weighted by atomic mass is 35.5. The molecule has 1 aromatic carbocycles. The SMILES string of the molecule is CSc1ccc(-c2nc(Cl)c3c(n2)CSC3)cc1. The van der Waals surface area contributed by atoms with Crippen molar-refractivity contribution in [3.8, 4) is 11.4 Å². The van der Waals surface area contributed by atoms with Crippen LogP contribution in [0.3, 0.4) is 0 Å². The molecule has 18 heavy (non-hydrogen) atoms. The van der Waals surface area contributed by atoms with Crippen LogP contribution in [-0.4, -0.2) is 16.2 Å². The normalized spacial score (nSPS) is 13.7. The maximum absolute atomic E-state index is 6.21. The van der Waals surface area contributed by atoms with Gasteiger partial charge < -0.3 is 0 Å². The molecule has 3 rings (SSSR count). The van der Waals surface area contributed by atoms with Crippen LogP contribution in [0, 0.1) is 0 Å². The highest BCUT2D eigenvalue weighted by molar-refractivity contribution is 7.98. The summed E-state index contributed by atoms with van der Waals surface area (Å²) in [5.41, 5.74) is 3.21. The van der Waals surface area contributed by atoms with E-state index in [1.54, 1.807) is 11.8 Å². The van der Waals surface area contributed by atoms with Crippen molar-refractivity contribution in [2.75, 3.05) is 6.26 Å². The number of nitrogens with zero attached hydrogens (tertiary/aromatic N) is 2. The lowest BCUT2D eigenvalue weighted by Gasteiger charge is -2.05. The van der Waals surface area contributed by atoms with E-state index >= 15 is 0 Å². The van der Waals surface area contributed by atoms with Crippen molar-refractivity contribution >= 4 is 35.1 Å². The molecule has 0 bridgehead atoms. The van der Waals surface area contributed by atoms with Crippen molar-refractivity contribution < 1.29 is 0 Å². The van der Waals surface area contributed by atoms with Crippen LogP contribution in [0.5, 0.6) is 0 Å². The van der Waals surface area contributed by atoms with Gasteiger partial charge in [-0.2, -0.15) is 11.8 Å². The third-order valence-corrected chi connectivity index (χ3v) is 4.90. The van der Waals surface area contributed by atoms with Crippen LogP contribution in [0.15, 0.2) is 29.2 Å². The van der Waals surface area contributed by atoms with Crippen molar-refractivity contribution in [2.45, 2.75) is 16.4 Å². The Morgan fingerprint density at radius 2 is 1.94 bits per heavy atom. The summed E-state index contributed by atoms with van der Waals surface area (Å²) in [6.45, 7) is 0. The minimum atomic E-state index is 0.606. The molecule has 0 aliphatic carbocycles. The molecule has 1 aliphatic rings. The molecule has 0 N–H and O–H groups in total. The molecular formula is C13H11ClN2S2. The van der Waals surface area contributed by atoms with E-state index in [0.717, 1.165) is 34.2 Å². The van der Waals surface area contributed by atoms with Gasteiger partial charge in [0.25, 0.3) is 0 Å². The van der Waals surface area contributed by atoms with Crippen LogP contribution in [0.2, 0.25) is 5.15 Å². The molecule has 0 fully saturated rings. The number of hydrogen-bond donors (Lipinski definition) is 0. The van der Waals surface area contributed by atoms with Gasteiger partial charge in [-0.15, -0.1) is 11.8 Å². The van der Waals surface area contributed by atoms with Crippen LogP contribution in [0.1, 0.15) is 11.3 Å². The zero-order chi connectivity index (χ0) is 12.5. The molecule has 1 aliphatic heterocycles. The highest BCUT2D eigenvalue weighted by Gasteiger charge is 2.19. The van der Waals surface area contributed by atoms with Gasteiger partial charge in [0.2, 0.25) is 0 Å². The number of thioether (sulfide) groups is 2. The maximum atomic E-state index is 6.21. The van der Waals surface area contributed by atoms with Gasteiger partial charge in [0.1, 0.15) is 5.15 Å². The quantitative estimate of drug-likeness (QED) is 0.610. The third kappa shape index (κ3) is 2.25. The lowest BCUT2D eigenvalue weighted by Crippen LogP contribution is -1.97. The molecular weight excluding hydrogens is 284 g/mol. The van der Waals surface area contributed by atoms with E-state index in [2.05, 4.69) is 28.4 Å². The van der Waals surface area contributed by atoms with Crippen LogP contribution < -0.4 is 0 Å². The Morgan fingerprint density at radius 1 is 1.17 bits per heavy atom. The molecule has 0 saturated carbocycles. The Morgan fingerprint density at radius 3 is 2.67 bits per heavy atom. The van der Waals surface area contributed by atoms with Gasteiger partial charge >= 0.3 is 0 Å². The average molecular weight is 295 g/mol. The van der Waals surface area contributed by atoms with Gasteiger partial charge in [0, 0.05) is 27.5 Å². The summed E-state index contributed by atoms with van der Waals surface area (Å²) in [5.74, 6) is 2.60. The van der Waals surface area contributed by atoms with Gasteiger partial charge in [0.05, 0.1) is 5.69 Å². The molecule has 0 spiro atoms. The molecule has 2 heterocycles.